The summed E-state index contributed by atoms with van der Waals surface area (Å²) in [6.45, 7) is 0. The van der Waals surface area contributed by atoms with Gasteiger partial charge in [-0.2, -0.15) is 0 Å². The largest absolute Gasteiger partial charge is 0.418 e. The molecule has 0 fully saturated rings. The van der Waals surface area contributed by atoms with E-state index in [1.807, 2.05) is 24.3 Å². The lowest BCUT2D eigenvalue weighted by Gasteiger charge is -2.11. The van der Waals surface area contributed by atoms with Gasteiger partial charge in [-0.3, -0.25) is 5.32 Å². The summed E-state index contributed by atoms with van der Waals surface area (Å²) in [5, 5.41) is 5.43. The molecule has 2 N–H and O–H groups in total. The standard InChI is InChI=1S/C21H18N2O4S2/c1-29(25,26)19-9-5-6-16(14-19)15-10-12-17(13-11-15)22-20(28)23-21(24)27-18-7-3-2-4-8-18/h2-14H,1H3,(H2,22,23,24,28). The number of hydrogen-bond acceptors (Lipinski definition) is 5. The second kappa shape index (κ2) is 8.85. The number of carbonyl (C=O) groups excluding carboxylic acids is 1. The van der Waals surface area contributed by atoms with Gasteiger partial charge in [-0.25, -0.2) is 13.2 Å². The van der Waals surface area contributed by atoms with Crippen LogP contribution < -0.4 is 15.4 Å². The predicted molar refractivity (Wildman–Crippen MR) is 117 cm³/mol. The molecule has 0 spiro atoms. The van der Waals surface area contributed by atoms with Crippen LogP contribution in [0.5, 0.6) is 5.75 Å². The Hall–Kier alpha value is -3.23. The molecule has 0 heterocycles. The molecule has 3 aromatic rings. The van der Waals surface area contributed by atoms with Crippen LogP contribution in [0.15, 0.2) is 83.8 Å². The Kier molecular flexibility index (Phi) is 6.26. The van der Waals surface area contributed by atoms with Crippen LogP contribution in [0.1, 0.15) is 0 Å². The molecule has 1 amide bonds. The van der Waals surface area contributed by atoms with Crippen LogP contribution >= 0.6 is 12.2 Å². The third-order valence-corrected chi connectivity index (χ3v) is 5.22. The minimum Gasteiger partial charge on any atom is -0.410 e. The van der Waals surface area contributed by atoms with Gasteiger partial charge in [0.05, 0.1) is 4.90 Å². The molecular weight excluding hydrogens is 408 g/mol. The van der Waals surface area contributed by atoms with Gasteiger partial charge in [0.15, 0.2) is 14.9 Å². The number of benzene rings is 3. The van der Waals surface area contributed by atoms with E-state index in [9.17, 15) is 13.2 Å². The lowest BCUT2D eigenvalue weighted by Crippen LogP contribution is -2.36. The van der Waals surface area contributed by atoms with Gasteiger partial charge >= 0.3 is 6.09 Å². The molecule has 0 atom stereocenters. The maximum Gasteiger partial charge on any atom is 0.418 e. The topological polar surface area (TPSA) is 84.5 Å². The van der Waals surface area contributed by atoms with Crippen molar-refractivity contribution in [2.75, 3.05) is 11.6 Å². The summed E-state index contributed by atoms with van der Waals surface area (Å²) in [4.78, 5) is 12.1. The molecular formula is C21H18N2O4S2. The first kappa shape index (κ1) is 20.5. The zero-order chi connectivity index (χ0) is 20.9. The predicted octanol–water partition coefficient (Wildman–Crippen LogP) is 4.24. The van der Waals surface area contributed by atoms with Crippen LogP contribution in [-0.2, 0) is 9.84 Å². The van der Waals surface area contributed by atoms with Gasteiger partial charge in [0.25, 0.3) is 0 Å². The summed E-state index contributed by atoms with van der Waals surface area (Å²) in [5.41, 5.74) is 2.30. The number of ether oxygens (including phenoxy) is 1. The Morgan fingerprint density at radius 1 is 0.897 bits per heavy atom. The second-order valence-electron chi connectivity index (χ2n) is 6.16. The summed E-state index contributed by atoms with van der Waals surface area (Å²) >= 11 is 5.12. The van der Waals surface area contributed by atoms with Crippen LogP contribution in [0.3, 0.4) is 0 Å². The number of rotatable bonds is 4. The maximum absolute atomic E-state index is 11.9. The molecule has 3 aromatic carbocycles. The molecule has 0 unspecified atom stereocenters. The number of nitrogens with one attached hydrogen (secondary N) is 2. The molecule has 0 saturated heterocycles. The van der Waals surface area contributed by atoms with Crippen molar-refractivity contribution in [2.24, 2.45) is 0 Å². The summed E-state index contributed by atoms with van der Waals surface area (Å²) < 4.78 is 28.6. The molecule has 0 aliphatic rings. The van der Waals surface area contributed by atoms with Gasteiger partial charge in [-0.1, -0.05) is 42.5 Å². The smallest absolute Gasteiger partial charge is 0.410 e. The Morgan fingerprint density at radius 2 is 1.59 bits per heavy atom. The summed E-state index contributed by atoms with van der Waals surface area (Å²) in [6.07, 6.45) is 0.485. The van der Waals surface area contributed by atoms with Gasteiger partial charge in [0.2, 0.25) is 0 Å². The van der Waals surface area contributed by atoms with Gasteiger partial charge < -0.3 is 10.1 Å². The van der Waals surface area contributed by atoms with E-state index in [4.69, 9.17) is 17.0 Å². The summed E-state index contributed by atoms with van der Waals surface area (Å²) in [5.74, 6) is 0.411. The van der Waals surface area contributed by atoms with E-state index < -0.39 is 15.9 Å². The summed E-state index contributed by atoms with van der Waals surface area (Å²) in [6, 6.07) is 22.6. The minimum absolute atomic E-state index is 0.0951. The van der Waals surface area contributed by atoms with Crippen molar-refractivity contribution in [3.05, 3.63) is 78.9 Å². The molecule has 0 radical (unpaired) electrons. The molecule has 0 bridgehead atoms. The van der Waals surface area contributed by atoms with E-state index in [1.165, 1.54) is 6.26 Å². The number of hydrogen-bond donors (Lipinski definition) is 2. The number of thiocarbonyl (C=S) groups is 1. The van der Waals surface area contributed by atoms with Gasteiger partial charge in [0.1, 0.15) is 5.75 Å². The quantitative estimate of drug-likeness (QED) is 0.607. The van der Waals surface area contributed by atoms with Crippen molar-refractivity contribution in [1.29, 1.82) is 0 Å². The molecule has 3 rings (SSSR count). The number of para-hydroxylation sites is 1. The fourth-order valence-corrected chi connectivity index (χ4v) is 3.40. The zero-order valence-corrected chi connectivity index (χ0v) is 17.1. The number of anilines is 1. The molecule has 0 aliphatic heterocycles. The van der Waals surface area contributed by atoms with Crippen molar-refractivity contribution < 1.29 is 17.9 Å². The number of amides is 1. The van der Waals surface area contributed by atoms with E-state index in [-0.39, 0.29) is 10.0 Å². The Bertz CT molecular complexity index is 1130. The lowest BCUT2D eigenvalue weighted by atomic mass is 10.1. The van der Waals surface area contributed by atoms with Crippen LogP contribution in [0.2, 0.25) is 0 Å². The third-order valence-electron chi connectivity index (χ3n) is 3.91. The molecule has 29 heavy (non-hydrogen) atoms. The van der Waals surface area contributed by atoms with Gasteiger partial charge in [0, 0.05) is 11.9 Å². The van der Waals surface area contributed by atoms with E-state index in [1.54, 1.807) is 54.6 Å². The fourth-order valence-electron chi connectivity index (χ4n) is 2.53. The Balaban J connectivity index is 1.62. The molecule has 0 aromatic heterocycles. The van der Waals surface area contributed by atoms with Crippen molar-refractivity contribution in [3.8, 4) is 16.9 Å². The van der Waals surface area contributed by atoms with E-state index in [0.717, 1.165) is 11.1 Å². The first-order valence-corrected chi connectivity index (χ1v) is 10.9. The summed E-state index contributed by atoms with van der Waals surface area (Å²) in [7, 11) is -3.27. The van der Waals surface area contributed by atoms with E-state index >= 15 is 0 Å². The fraction of sp³-hybridized carbons (Fsp3) is 0.0476. The van der Waals surface area contributed by atoms with Crippen LogP contribution in [-0.4, -0.2) is 25.9 Å². The Labute approximate surface area is 174 Å². The first-order chi connectivity index (χ1) is 13.8. The molecule has 8 heteroatoms. The normalized spacial score (nSPS) is 10.8. The Morgan fingerprint density at radius 3 is 2.24 bits per heavy atom. The SMILES string of the molecule is CS(=O)(=O)c1cccc(-c2ccc(NC(=S)NC(=O)Oc3ccccc3)cc2)c1. The van der Waals surface area contributed by atoms with E-state index in [0.29, 0.717) is 11.4 Å². The zero-order valence-electron chi connectivity index (χ0n) is 15.5. The molecule has 148 valence electrons. The van der Waals surface area contributed by atoms with Crippen molar-refractivity contribution >= 4 is 38.9 Å². The van der Waals surface area contributed by atoms with Gasteiger partial charge in [-0.05, 0) is 59.7 Å². The average molecular weight is 427 g/mol. The van der Waals surface area contributed by atoms with Crippen molar-refractivity contribution in [1.82, 2.24) is 5.32 Å². The minimum atomic E-state index is -3.27. The number of carbonyl (C=O) groups is 1. The lowest BCUT2D eigenvalue weighted by molar-refractivity contribution is 0.206. The van der Waals surface area contributed by atoms with Crippen LogP contribution in [0.4, 0.5) is 10.5 Å². The van der Waals surface area contributed by atoms with Crippen LogP contribution in [0, 0.1) is 0 Å². The third kappa shape index (κ3) is 5.87. The van der Waals surface area contributed by atoms with E-state index in [2.05, 4.69) is 10.6 Å². The highest BCUT2D eigenvalue weighted by Crippen LogP contribution is 2.24. The molecule has 6 nitrogen and oxygen atoms in total. The average Bonchev–Trinajstić information content (AvgIpc) is 2.68. The highest BCUT2D eigenvalue weighted by Gasteiger charge is 2.09. The van der Waals surface area contributed by atoms with Crippen molar-refractivity contribution in [3.63, 3.8) is 0 Å². The maximum atomic E-state index is 11.9. The molecule has 0 aliphatic carbocycles. The molecule has 0 saturated carbocycles. The monoisotopic (exact) mass is 426 g/mol. The van der Waals surface area contributed by atoms with Crippen LogP contribution in [0.25, 0.3) is 11.1 Å². The highest BCUT2D eigenvalue weighted by atomic mass is 32.2. The van der Waals surface area contributed by atoms with Crippen molar-refractivity contribution in [2.45, 2.75) is 4.90 Å². The first-order valence-electron chi connectivity index (χ1n) is 8.57. The highest BCUT2D eigenvalue weighted by molar-refractivity contribution is 7.90. The number of sulfone groups is 1. The van der Waals surface area contributed by atoms with Gasteiger partial charge in [-0.15, -0.1) is 0 Å². The second-order valence-corrected chi connectivity index (χ2v) is 8.58.